The van der Waals surface area contributed by atoms with E-state index in [0.717, 1.165) is 15.7 Å². The summed E-state index contributed by atoms with van der Waals surface area (Å²) in [5.41, 5.74) is -0.134. The van der Waals surface area contributed by atoms with Gasteiger partial charge in [0, 0.05) is 22.7 Å². The Labute approximate surface area is 174 Å². The van der Waals surface area contributed by atoms with Crippen LogP contribution in [0, 0.1) is 15.2 Å². The normalized spacial score (nSPS) is 15.4. The zero-order valence-corrected chi connectivity index (χ0v) is 17.8. The zero-order chi connectivity index (χ0) is 19.8. The van der Waals surface area contributed by atoms with Crippen LogP contribution in [0.4, 0.5) is 25.8 Å². The third-order valence-corrected chi connectivity index (χ3v) is 6.56. The maximum atomic E-state index is 14.4. The van der Waals surface area contributed by atoms with Gasteiger partial charge in [-0.15, -0.1) is 0 Å². The topological polar surface area (TPSA) is 73.5 Å². The summed E-state index contributed by atoms with van der Waals surface area (Å²) < 4.78 is 57.5. The number of nitrogens with one attached hydrogen (secondary N) is 3. The van der Waals surface area contributed by atoms with E-state index in [9.17, 15) is 17.2 Å². The van der Waals surface area contributed by atoms with Crippen molar-refractivity contribution < 1.29 is 17.2 Å². The quantitative estimate of drug-likeness (QED) is 0.502. The molecule has 0 saturated carbocycles. The highest BCUT2D eigenvalue weighted by Crippen LogP contribution is 2.34. The molecule has 1 aliphatic heterocycles. The van der Waals surface area contributed by atoms with E-state index >= 15 is 0 Å². The standard InChI is InChI=1S/C16H16ClF2IN4O2S/c1-21-10-7-24(8-10)27(25,26)23-14-5-3-12(18)15(19)16(14)22-13-4-2-9(20)6-11(13)17/h2-6,10,21-23H,7-8H2,1H3. The van der Waals surface area contributed by atoms with Gasteiger partial charge in [-0.3, -0.25) is 4.72 Å². The van der Waals surface area contributed by atoms with Gasteiger partial charge in [-0.25, -0.2) is 8.78 Å². The van der Waals surface area contributed by atoms with Gasteiger partial charge in [-0.2, -0.15) is 12.7 Å². The minimum absolute atomic E-state index is 0.0646. The molecule has 1 saturated heterocycles. The predicted octanol–water partition coefficient (Wildman–Crippen LogP) is 3.53. The van der Waals surface area contributed by atoms with Gasteiger partial charge < -0.3 is 10.6 Å². The molecule has 2 aromatic rings. The molecule has 0 unspecified atom stereocenters. The highest BCUT2D eigenvalue weighted by molar-refractivity contribution is 14.1. The molecule has 0 radical (unpaired) electrons. The fourth-order valence-corrected chi connectivity index (χ4v) is 4.74. The van der Waals surface area contributed by atoms with Crippen molar-refractivity contribution in [1.29, 1.82) is 0 Å². The van der Waals surface area contributed by atoms with Crippen molar-refractivity contribution in [3.63, 3.8) is 0 Å². The van der Waals surface area contributed by atoms with Crippen LogP contribution in [0.15, 0.2) is 30.3 Å². The van der Waals surface area contributed by atoms with Crippen LogP contribution in [0.5, 0.6) is 0 Å². The number of hydrogen-bond acceptors (Lipinski definition) is 4. The molecule has 1 fully saturated rings. The lowest BCUT2D eigenvalue weighted by molar-refractivity contribution is 0.238. The van der Waals surface area contributed by atoms with Crippen LogP contribution in [0.3, 0.4) is 0 Å². The largest absolute Gasteiger partial charge is 0.350 e. The van der Waals surface area contributed by atoms with Crippen LogP contribution in [0.2, 0.25) is 5.02 Å². The van der Waals surface area contributed by atoms with Crippen molar-refractivity contribution in [1.82, 2.24) is 9.62 Å². The second kappa shape index (κ2) is 8.03. The number of hydrogen-bond donors (Lipinski definition) is 3. The molecule has 0 aliphatic carbocycles. The number of benzene rings is 2. The highest BCUT2D eigenvalue weighted by Gasteiger charge is 2.35. The summed E-state index contributed by atoms with van der Waals surface area (Å²) in [4.78, 5) is 0. The van der Waals surface area contributed by atoms with Gasteiger partial charge in [-0.1, -0.05) is 11.6 Å². The number of rotatable bonds is 6. The Morgan fingerprint density at radius 1 is 1.19 bits per heavy atom. The van der Waals surface area contributed by atoms with E-state index in [4.69, 9.17) is 11.6 Å². The lowest BCUT2D eigenvalue weighted by atomic mass is 10.2. The van der Waals surface area contributed by atoms with Gasteiger partial charge in [0.15, 0.2) is 11.6 Å². The summed E-state index contributed by atoms with van der Waals surface area (Å²) in [6.07, 6.45) is 0. The van der Waals surface area contributed by atoms with Gasteiger partial charge >= 0.3 is 10.2 Å². The summed E-state index contributed by atoms with van der Waals surface area (Å²) in [7, 11) is -2.16. The Bertz CT molecular complexity index is 971. The molecule has 1 aliphatic rings. The first-order valence-electron chi connectivity index (χ1n) is 7.86. The second-order valence-electron chi connectivity index (χ2n) is 5.94. The number of anilines is 3. The van der Waals surface area contributed by atoms with Crippen molar-refractivity contribution in [3.8, 4) is 0 Å². The Morgan fingerprint density at radius 2 is 1.85 bits per heavy atom. The van der Waals surface area contributed by atoms with E-state index in [1.165, 1.54) is 4.31 Å². The Kier molecular flexibility index (Phi) is 6.11. The molecule has 0 bridgehead atoms. The van der Waals surface area contributed by atoms with Gasteiger partial charge in [0.05, 0.1) is 16.4 Å². The lowest BCUT2D eigenvalue weighted by Gasteiger charge is -2.37. The Morgan fingerprint density at radius 3 is 2.48 bits per heavy atom. The monoisotopic (exact) mass is 528 g/mol. The predicted molar refractivity (Wildman–Crippen MR) is 111 cm³/mol. The maximum Gasteiger partial charge on any atom is 0.301 e. The summed E-state index contributed by atoms with van der Waals surface area (Å²) in [5, 5.41) is 5.94. The lowest BCUT2D eigenvalue weighted by Crippen LogP contribution is -2.60. The van der Waals surface area contributed by atoms with Crippen molar-refractivity contribution in [2.45, 2.75) is 6.04 Å². The first-order valence-corrected chi connectivity index (χ1v) is 10.8. The smallest absolute Gasteiger partial charge is 0.301 e. The molecule has 0 spiro atoms. The fourth-order valence-electron chi connectivity index (χ4n) is 2.50. The summed E-state index contributed by atoms with van der Waals surface area (Å²) >= 11 is 8.20. The Hall–Kier alpha value is -1.21. The molecule has 1 heterocycles. The third kappa shape index (κ3) is 4.45. The van der Waals surface area contributed by atoms with Gasteiger partial charge in [0.1, 0.15) is 5.69 Å². The molecule has 3 rings (SSSR count). The molecule has 0 aromatic heterocycles. The average molecular weight is 529 g/mol. The number of likely N-dealkylation sites (N-methyl/N-ethyl adjacent to an activating group) is 1. The molecule has 0 amide bonds. The fraction of sp³-hybridized carbons (Fsp3) is 0.250. The highest BCUT2D eigenvalue weighted by atomic mass is 127. The van der Waals surface area contributed by atoms with Crippen molar-refractivity contribution >= 4 is 61.5 Å². The minimum Gasteiger partial charge on any atom is -0.350 e. The SMILES string of the molecule is CNC1CN(S(=O)(=O)Nc2ccc(F)c(F)c2Nc2ccc(I)cc2Cl)C1. The van der Waals surface area contributed by atoms with Crippen LogP contribution in [-0.2, 0) is 10.2 Å². The molecule has 146 valence electrons. The van der Waals surface area contributed by atoms with Crippen LogP contribution in [-0.4, -0.2) is 38.9 Å². The van der Waals surface area contributed by atoms with E-state index in [-0.39, 0.29) is 17.4 Å². The van der Waals surface area contributed by atoms with Crippen molar-refractivity contribution in [3.05, 3.63) is 50.6 Å². The van der Waals surface area contributed by atoms with Crippen molar-refractivity contribution in [2.75, 3.05) is 30.2 Å². The van der Waals surface area contributed by atoms with Crippen LogP contribution >= 0.6 is 34.2 Å². The molecular weight excluding hydrogens is 513 g/mol. The molecule has 2 aromatic carbocycles. The van der Waals surface area contributed by atoms with Gasteiger partial charge in [-0.05, 0) is 60.0 Å². The van der Waals surface area contributed by atoms with E-state index in [2.05, 4.69) is 37.9 Å². The average Bonchev–Trinajstić information content (AvgIpc) is 2.55. The van der Waals surface area contributed by atoms with Crippen molar-refractivity contribution in [2.24, 2.45) is 0 Å². The van der Waals surface area contributed by atoms with Gasteiger partial charge in [0.25, 0.3) is 0 Å². The van der Waals surface area contributed by atoms with E-state index in [0.29, 0.717) is 23.8 Å². The van der Waals surface area contributed by atoms with E-state index in [1.807, 2.05) is 0 Å². The zero-order valence-electron chi connectivity index (χ0n) is 14.1. The molecular formula is C16H16ClF2IN4O2S. The van der Waals surface area contributed by atoms with Gasteiger partial charge in [0.2, 0.25) is 0 Å². The van der Waals surface area contributed by atoms with Crippen LogP contribution in [0.25, 0.3) is 0 Å². The summed E-state index contributed by atoms with van der Waals surface area (Å²) in [5.74, 6) is -2.32. The summed E-state index contributed by atoms with van der Waals surface area (Å²) in [6, 6.07) is 7.06. The summed E-state index contributed by atoms with van der Waals surface area (Å²) in [6.45, 7) is 0.586. The van der Waals surface area contributed by atoms with Crippen LogP contribution < -0.4 is 15.4 Å². The Balaban J connectivity index is 1.91. The molecule has 27 heavy (non-hydrogen) atoms. The van der Waals surface area contributed by atoms with Crippen LogP contribution in [0.1, 0.15) is 0 Å². The molecule has 0 atom stereocenters. The molecule has 11 heteroatoms. The molecule has 6 nitrogen and oxygen atoms in total. The first-order chi connectivity index (χ1) is 12.7. The second-order valence-corrected chi connectivity index (χ2v) is 9.27. The van der Waals surface area contributed by atoms with E-state index < -0.39 is 21.8 Å². The maximum absolute atomic E-state index is 14.4. The van der Waals surface area contributed by atoms with E-state index in [1.54, 1.807) is 25.2 Å². The first kappa shape index (κ1) is 20.5. The third-order valence-electron chi connectivity index (χ3n) is 4.12. The number of halogens is 4. The molecule has 3 N–H and O–H groups in total. The number of nitrogens with zero attached hydrogens (tertiary/aromatic N) is 1. The minimum atomic E-state index is -3.90.